The highest BCUT2D eigenvalue weighted by Gasteiger charge is 2.18. The van der Waals surface area contributed by atoms with Gasteiger partial charge in [0.25, 0.3) is 0 Å². The Morgan fingerprint density at radius 3 is 2.44 bits per heavy atom. The predicted molar refractivity (Wildman–Crippen MR) is 62.3 cm³/mol. The Kier molecular flexibility index (Phi) is 3.59. The molecular weight excluding hydrogens is 238 g/mol. The van der Waals surface area contributed by atoms with Crippen LogP contribution >= 0.6 is 0 Å². The van der Waals surface area contributed by atoms with Gasteiger partial charge in [-0.25, -0.2) is 24.2 Å². The van der Waals surface area contributed by atoms with Crippen LogP contribution in [0.4, 0.5) is 8.78 Å². The molecule has 1 atom stereocenters. The lowest BCUT2D eigenvalue weighted by molar-refractivity contribution is 0.537. The average Bonchev–Trinajstić information content (AvgIpc) is 2.38. The second-order valence-corrected chi connectivity index (χ2v) is 3.89. The van der Waals surface area contributed by atoms with E-state index in [4.69, 9.17) is 5.84 Å². The molecule has 0 saturated carbocycles. The van der Waals surface area contributed by atoms with Crippen LogP contribution in [0.3, 0.4) is 0 Å². The number of rotatable bonds is 3. The van der Waals surface area contributed by atoms with Crippen LogP contribution in [-0.2, 0) is 0 Å². The van der Waals surface area contributed by atoms with Gasteiger partial charge < -0.3 is 0 Å². The van der Waals surface area contributed by atoms with E-state index in [1.165, 1.54) is 24.8 Å². The monoisotopic (exact) mass is 250 g/mol. The lowest BCUT2D eigenvalue weighted by atomic mass is 9.99. The largest absolute Gasteiger partial charge is 0.271 e. The third-order valence-electron chi connectivity index (χ3n) is 2.67. The summed E-state index contributed by atoms with van der Waals surface area (Å²) in [6.45, 7) is 1.56. The van der Waals surface area contributed by atoms with Gasteiger partial charge in [-0.1, -0.05) is 0 Å². The van der Waals surface area contributed by atoms with Gasteiger partial charge in [0.05, 0.1) is 6.04 Å². The summed E-state index contributed by atoms with van der Waals surface area (Å²) in [5.74, 6) is 4.18. The maximum Gasteiger partial charge on any atom is 0.131 e. The summed E-state index contributed by atoms with van der Waals surface area (Å²) in [5.41, 5.74) is 3.69. The molecule has 0 radical (unpaired) electrons. The number of nitrogens with one attached hydrogen (secondary N) is 1. The second kappa shape index (κ2) is 5.16. The number of hydrogen-bond acceptors (Lipinski definition) is 4. The Morgan fingerprint density at radius 2 is 1.83 bits per heavy atom. The first-order valence-electron chi connectivity index (χ1n) is 5.30. The highest BCUT2D eigenvalue weighted by atomic mass is 19.1. The van der Waals surface area contributed by atoms with E-state index in [2.05, 4.69) is 15.4 Å². The minimum absolute atomic E-state index is 0.256. The van der Waals surface area contributed by atoms with Crippen molar-refractivity contribution in [3.63, 3.8) is 0 Å². The van der Waals surface area contributed by atoms with Crippen molar-refractivity contribution in [3.8, 4) is 0 Å². The Balaban J connectivity index is 2.49. The van der Waals surface area contributed by atoms with Gasteiger partial charge >= 0.3 is 0 Å². The molecule has 0 saturated heterocycles. The fraction of sp³-hybridized carbons (Fsp3) is 0.167. The van der Waals surface area contributed by atoms with E-state index in [1.54, 1.807) is 6.92 Å². The van der Waals surface area contributed by atoms with Crippen LogP contribution in [0, 0.1) is 18.6 Å². The first-order chi connectivity index (χ1) is 8.63. The molecule has 0 amide bonds. The second-order valence-electron chi connectivity index (χ2n) is 3.89. The maximum absolute atomic E-state index is 13.8. The minimum atomic E-state index is -0.662. The molecule has 0 aliphatic carbocycles. The van der Waals surface area contributed by atoms with Crippen molar-refractivity contribution in [2.24, 2.45) is 5.84 Å². The molecular formula is C12H12F2N4. The van der Waals surface area contributed by atoms with E-state index >= 15 is 0 Å². The molecule has 2 rings (SSSR count). The van der Waals surface area contributed by atoms with Crippen LogP contribution in [0.1, 0.15) is 22.7 Å². The number of aryl methyl sites for hydroxylation is 1. The van der Waals surface area contributed by atoms with Gasteiger partial charge in [-0.05, 0) is 18.6 Å². The van der Waals surface area contributed by atoms with E-state index in [9.17, 15) is 8.78 Å². The molecule has 0 aliphatic rings. The van der Waals surface area contributed by atoms with Gasteiger partial charge in [0.1, 0.15) is 18.0 Å². The summed E-state index contributed by atoms with van der Waals surface area (Å²) in [6.07, 6.45) is 4.41. The first kappa shape index (κ1) is 12.5. The fourth-order valence-corrected chi connectivity index (χ4v) is 1.73. The highest BCUT2D eigenvalue weighted by molar-refractivity contribution is 5.33. The summed E-state index contributed by atoms with van der Waals surface area (Å²) in [4.78, 5) is 7.69. The Bertz CT molecular complexity index is 545. The predicted octanol–water partition coefficient (Wildman–Crippen LogP) is 1.62. The maximum atomic E-state index is 13.8. The number of halogens is 2. The lowest BCUT2D eigenvalue weighted by Gasteiger charge is -2.17. The quantitative estimate of drug-likeness (QED) is 0.641. The molecule has 0 aliphatic heterocycles. The highest BCUT2D eigenvalue weighted by Crippen LogP contribution is 2.25. The molecule has 2 aromatic rings. The van der Waals surface area contributed by atoms with Crippen molar-refractivity contribution >= 4 is 0 Å². The van der Waals surface area contributed by atoms with E-state index in [0.29, 0.717) is 11.1 Å². The Labute approximate surface area is 103 Å². The van der Waals surface area contributed by atoms with E-state index in [1.807, 2.05) is 0 Å². The molecule has 4 nitrogen and oxygen atoms in total. The van der Waals surface area contributed by atoms with Crippen molar-refractivity contribution in [2.75, 3.05) is 0 Å². The van der Waals surface area contributed by atoms with E-state index < -0.39 is 17.7 Å². The van der Waals surface area contributed by atoms with Crippen molar-refractivity contribution in [1.82, 2.24) is 15.4 Å². The Morgan fingerprint density at radius 1 is 1.17 bits per heavy atom. The van der Waals surface area contributed by atoms with Gasteiger partial charge in [-0.2, -0.15) is 0 Å². The third-order valence-corrected chi connectivity index (χ3v) is 2.67. The molecule has 0 fully saturated rings. The summed E-state index contributed by atoms with van der Waals surface area (Å²) in [6, 6.07) is 1.64. The van der Waals surface area contributed by atoms with Crippen molar-refractivity contribution in [2.45, 2.75) is 13.0 Å². The summed E-state index contributed by atoms with van der Waals surface area (Å²) < 4.78 is 27.0. The lowest BCUT2D eigenvalue weighted by Crippen LogP contribution is -2.29. The standard InChI is InChI=1S/C12H12F2N4/c1-7-2-9(11(14)3-10(7)13)12(18-15)8-4-16-6-17-5-8/h2-6,12,18H,15H2,1H3. The van der Waals surface area contributed by atoms with Crippen LogP contribution in [0.25, 0.3) is 0 Å². The molecule has 1 aromatic carbocycles. The van der Waals surface area contributed by atoms with Crippen molar-refractivity contribution in [1.29, 1.82) is 0 Å². The smallest absolute Gasteiger partial charge is 0.131 e. The van der Waals surface area contributed by atoms with Crippen molar-refractivity contribution < 1.29 is 8.78 Å². The van der Waals surface area contributed by atoms with Crippen molar-refractivity contribution in [3.05, 3.63) is 59.2 Å². The molecule has 3 N–H and O–H groups in total. The number of nitrogens with zero attached hydrogens (tertiary/aromatic N) is 2. The number of benzene rings is 1. The van der Waals surface area contributed by atoms with Gasteiger partial charge in [0.15, 0.2) is 0 Å². The van der Waals surface area contributed by atoms with Crippen LogP contribution in [0.15, 0.2) is 30.9 Å². The third kappa shape index (κ3) is 2.34. The van der Waals surface area contributed by atoms with Crippen LogP contribution in [-0.4, -0.2) is 9.97 Å². The molecule has 18 heavy (non-hydrogen) atoms. The molecule has 1 heterocycles. The Hall–Kier alpha value is -1.92. The SMILES string of the molecule is Cc1cc(C(NN)c2cncnc2)c(F)cc1F. The molecule has 6 heteroatoms. The van der Waals surface area contributed by atoms with Crippen LogP contribution in [0.2, 0.25) is 0 Å². The number of hydrazine groups is 1. The summed E-state index contributed by atoms with van der Waals surface area (Å²) in [5, 5.41) is 0. The average molecular weight is 250 g/mol. The van der Waals surface area contributed by atoms with Gasteiger partial charge in [-0.15, -0.1) is 0 Å². The molecule has 1 unspecified atom stereocenters. The van der Waals surface area contributed by atoms with Gasteiger partial charge in [-0.3, -0.25) is 5.84 Å². The number of aromatic nitrogens is 2. The van der Waals surface area contributed by atoms with E-state index in [0.717, 1.165) is 6.07 Å². The topological polar surface area (TPSA) is 63.8 Å². The molecule has 1 aromatic heterocycles. The van der Waals surface area contributed by atoms with Crippen LogP contribution < -0.4 is 11.3 Å². The minimum Gasteiger partial charge on any atom is -0.271 e. The van der Waals surface area contributed by atoms with Gasteiger partial charge in [0.2, 0.25) is 0 Å². The van der Waals surface area contributed by atoms with Gasteiger partial charge in [0, 0.05) is 29.6 Å². The first-order valence-corrected chi connectivity index (χ1v) is 5.30. The summed E-state index contributed by atoms with van der Waals surface area (Å²) >= 11 is 0. The normalized spacial score (nSPS) is 12.4. The zero-order valence-corrected chi connectivity index (χ0v) is 9.69. The summed E-state index contributed by atoms with van der Waals surface area (Å²) in [7, 11) is 0. The van der Waals surface area contributed by atoms with E-state index in [-0.39, 0.29) is 5.56 Å². The molecule has 0 spiro atoms. The molecule has 0 bridgehead atoms. The molecule has 94 valence electrons. The number of nitrogens with two attached hydrogens (primary N) is 1. The number of hydrogen-bond donors (Lipinski definition) is 2. The fourth-order valence-electron chi connectivity index (χ4n) is 1.73. The zero-order chi connectivity index (χ0) is 13.1. The zero-order valence-electron chi connectivity index (χ0n) is 9.69. The van der Waals surface area contributed by atoms with Crippen LogP contribution in [0.5, 0.6) is 0 Å².